The fourth-order valence-electron chi connectivity index (χ4n) is 3.70. The van der Waals surface area contributed by atoms with Gasteiger partial charge in [0, 0.05) is 22.7 Å². The maximum absolute atomic E-state index is 12.5. The maximum Gasteiger partial charge on any atom is 0.252 e. The molecule has 3 N–H and O–H groups in total. The van der Waals surface area contributed by atoms with Crippen LogP contribution in [0, 0.1) is 13.8 Å². The van der Waals surface area contributed by atoms with Gasteiger partial charge in [0.25, 0.3) is 11.7 Å². The molecule has 4 rings (SSSR count). The number of primary amides is 1. The highest BCUT2D eigenvalue weighted by molar-refractivity contribution is 7.17. The van der Waals surface area contributed by atoms with Crippen LogP contribution in [-0.4, -0.2) is 31.4 Å². The quantitative estimate of drug-likeness (QED) is 0.698. The van der Waals surface area contributed by atoms with E-state index in [4.69, 9.17) is 5.73 Å². The van der Waals surface area contributed by atoms with Crippen LogP contribution in [-0.2, 0) is 24.1 Å². The molecular formula is C18H20N6O2S. The number of nitrogens with zero attached hydrogens (tertiary/aromatic N) is 4. The summed E-state index contributed by atoms with van der Waals surface area (Å²) in [7, 11) is 0. The minimum Gasteiger partial charge on any atom is -0.365 e. The van der Waals surface area contributed by atoms with E-state index in [1.54, 1.807) is 4.52 Å². The zero-order valence-electron chi connectivity index (χ0n) is 15.2. The molecule has 9 heteroatoms. The third kappa shape index (κ3) is 3.08. The Labute approximate surface area is 159 Å². The van der Waals surface area contributed by atoms with Gasteiger partial charge in [0.1, 0.15) is 11.3 Å². The number of carbonyl (C=O) groups is 2. The Hall–Kier alpha value is -2.81. The third-order valence-electron chi connectivity index (χ3n) is 5.01. The Kier molecular flexibility index (Phi) is 4.39. The lowest BCUT2D eigenvalue weighted by Gasteiger charge is -2.10. The van der Waals surface area contributed by atoms with Crippen molar-refractivity contribution in [3.63, 3.8) is 0 Å². The van der Waals surface area contributed by atoms with Gasteiger partial charge in [-0.25, -0.2) is 9.50 Å². The molecule has 1 aliphatic carbocycles. The first-order chi connectivity index (χ1) is 13.0. The number of anilines is 1. The second kappa shape index (κ2) is 6.73. The number of carbonyl (C=O) groups excluding carboxylic acids is 2. The minimum atomic E-state index is -0.475. The number of hydrogen-bond donors (Lipinski definition) is 2. The number of rotatable bonds is 5. The van der Waals surface area contributed by atoms with Crippen LogP contribution in [0.3, 0.4) is 0 Å². The van der Waals surface area contributed by atoms with Gasteiger partial charge in [-0.3, -0.25) is 9.59 Å². The molecule has 3 aromatic rings. The molecule has 0 saturated carbocycles. The number of fused-ring (bicyclic) bond motifs is 2. The van der Waals surface area contributed by atoms with Gasteiger partial charge < -0.3 is 11.1 Å². The predicted octanol–water partition coefficient (Wildman–Crippen LogP) is 1.96. The monoisotopic (exact) mass is 384 g/mol. The number of aryl methyl sites for hydroxylation is 3. The number of aromatic nitrogens is 4. The fourth-order valence-corrected chi connectivity index (χ4v) is 5.01. The summed E-state index contributed by atoms with van der Waals surface area (Å²) in [5.41, 5.74) is 9.79. The molecule has 2 amide bonds. The van der Waals surface area contributed by atoms with E-state index in [0.29, 0.717) is 22.8 Å². The van der Waals surface area contributed by atoms with E-state index in [9.17, 15) is 9.59 Å². The normalized spacial score (nSPS) is 13.1. The van der Waals surface area contributed by atoms with Gasteiger partial charge in [0.15, 0.2) is 0 Å². The highest BCUT2D eigenvalue weighted by Gasteiger charge is 2.26. The molecule has 3 aromatic heterocycles. The molecule has 1 aliphatic rings. The molecule has 0 bridgehead atoms. The first-order valence-electron chi connectivity index (χ1n) is 8.85. The van der Waals surface area contributed by atoms with Crippen LogP contribution in [0.4, 0.5) is 5.00 Å². The van der Waals surface area contributed by atoms with Gasteiger partial charge in [-0.1, -0.05) is 0 Å². The second-order valence-corrected chi connectivity index (χ2v) is 7.81. The van der Waals surface area contributed by atoms with Crippen LogP contribution >= 0.6 is 11.3 Å². The van der Waals surface area contributed by atoms with Crippen molar-refractivity contribution in [1.82, 2.24) is 19.6 Å². The maximum atomic E-state index is 12.5. The standard InChI is InChI=1S/C18H20N6O2S/c1-9-11(10(2)24-18(22-9)20-8-21-24)6-7-14(25)23-17-15(16(19)26)12-4-3-5-13(12)27-17/h8H,3-7H2,1-2H3,(H2,19,26)(H,23,25). The minimum absolute atomic E-state index is 0.144. The molecule has 0 unspecified atom stereocenters. The van der Waals surface area contributed by atoms with Gasteiger partial charge >= 0.3 is 0 Å². The smallest absolute Gasteiger partial charge is 0.252 e. The number of nitrogens with two attached hydrogens (primary N) is 1. The Morgan fingerprint density at radius 1 is 1.33 bits per heavy atom. The number of nitrogens with one attached hydrogen (secondary N) is 1. The molecule has 0 atom stereocenters. The van der Waals surface area contributed by atoms with Crippen molar-refractivity contribution in [3.05, 3.63) is 39.3 Å². The van der Waals surface area contributed by atoms with E-state index < -0.39 is 5.91 Å². The van der Waals surface area contributed by atoms with Crippen molar-refractivity contribution in [1.29, 1.82) is 0 Å². The van der Waals surface area contributed by atoms with E-state index in [-0.39, 0.29) is 12.3 Å². The van der Waals surface area contributed by atoms with Crippen molar-refractivity contribution in [2.75, 3.05) is 5.32 Å². The van der Waals surface area contributed by atoms with E-state index in [0.717, 1.165) is 46.7 Å². The molecule has 140 valence electrons. The Morgan fingerprint density at radius 2 is 2.15 bits per heavy atom. The summed E-state index contributed by atoms with van der Waals surface area (Å²) in [6.07, 6.45) is 5.10. The SMILES string of the molecule is Cc1nc2ncnn2c(C)c1CCC(=O)Nc1sc2c(c1C(N)=O)CCC2. The Morgan fingerprint density at radius 3 is 2.93 bits per heavy atom. The van der Waals surface area contributed by atoms with Crippen molar-refractivity contribution in [2.45, 2.75) is 46.0 Å². The fraction of sp³-hybridized carbons (Fsp3) is 0.389. The van der Waals surface area contributed by atoms with Gasteiger partial charge in [0.05, 0.1) is 5.56 Å². The summed E-state index contributed by atoms with van der Waals surface area (Å²) in [5.74, 6) is -0.0652. The van der Waals surface area contributed by atoms with Crippen molar-refractivity contribution >= 4 is 33.9 Å². The topological polar surface area (TPSA) is 115 Å². The highest BCUT2D eigenvalue weighted by atomic mass is 32.1. The molecule has 27 heavy (non-hydrogen) atoms. The van der Waals surface area contributed by atoms with Gasteiger partial charge in [-0.2, -0.15) is 10.1 Å². The van der Waals surface area contributed by atoms with Crippen molar-refractivity contribution in [2.24, 2.45) is 5.73 Å². The lowest BCUT2D eigenvalue weighted by Crippen LogP contribution is -2.18. The predicted molar refractivity (Wildman–Crippen MR) is 102 cm³/mol. The Bertz CT molecular complexity index is 1070. The first kappa shape index (κ1) is 17.6. The Balaban J connectivity index is 1.51. The molecule has 8 nitrogen and oxygen atoms in total. The summed E-state index contributed by atoms with van der Waals surface area (Å²) in [5, 5.41) is 7.63. The van der Waals surface area contributed by atoms with E-state index >= 15 is 0 Å². The largest absolute Gasteiger partial charge is 0.365 e. The zero-order chi connectivity index (χ0) is 19.1. The van der Waals surface area contributed by atoms with Crippen LogP contribution in [0.15, 0.2) is 6.33 Å². The molecule has 3 heterocycles. The second-order valence-electron chi connectivity index (χ2n) is 6.71. The van der Waals surface area contributed by atoms with E-state index in [1.807, 2.05) is 13.8 Å². The lowest BCUT2D eigenvalue weighted by atomic mass is 10.1. The molecule has 0 fully saturated rings. The summed E-state index contributed by atoms with van der Waals surface area (Å²) in [6.45, 7) is 3.85. The van der Waals surface area contributed by atoms with Gasteiger partial charge in [-0.05, 0) is 50.7 Å². The molecule has 0 aromatic carbocycles. The molecule has 0 saturated heterocycles. The van der Waals surface area contributed by atoms with Crippen LogP contribution < -0.4 is 11.1 Å². The summed E-state index contributed by atoms with van der Waals surface area (Å²) >= 11 is 1.47. The van der Waals surface area contributed by atoms with Gasteiger partial charge in [-0.15, -0.1) is 11.3 Å². The van der Waals surface area contributed by atoms with E-state index in [1.165, 1.54) is 17.7 Å². The van der Waals surface area contributed by atoms with Crippen molar-refractivity contribution in [3.8, 4) is 0 Å². The van der Waals surface area contributed by atoms with E-state index in [2.05, 4.69) is 20.4 Å². The number of thiophene rings is 1. The molecule has 0 radical (unpaired) electrons. The number of hydrogen-bond acceptors (Lipinski definition) is 6. The van der Waals surface area contributed by atoms with Crippen LogP contribution in [0.5, 0.6) is 0 Å². The van der Waals surface area contributed by atoms with Gasteiger partial charge in [0.2, 0.25) is 5.91 Å². The summed E-state index contributed by atoms with van der Waals surface area (Å²) < 4.78 is 1.68. The van der Waals surface area contributed by atoms with Crippen LogP contribution in [0.25, 0.3) is 5.78 Å². The summed E-state index contributed by atoms with van der Waals surface area (Å²) in [6, 6.07) is 0. The average Bonchev–Trinajstić information content (AvgIpc) is 3.29. The van der Waals surface area contributed by atoms with Crippen molar-refractivity contribution < 1.29 is 9.59 Å². The molecule has 0 aliphatic heterocycles. The van der Waals surface area contributed by atoms with Crippen LogP contribution in [0.1, 0.15) is 50.6 Å². The summed E-state index contributed by atoms with van der Waals surface area (Å²) in [4.78, 5) is 34.0. The highest BCUT2D eigenvalue weighted by Crippen LogP contribution is 2.38. The molecular weight excluding hydrogens is 364 g/mol. The third-order valence-corrected chi connectivity index (χ3v) is 6.22. The first-order valence-corrected chi connectivity index (χ1v) is 9.67. The average molecular weight is 384 g/mol. The van der Waals surface area contributed by atoms with Crippen LogP contribution in [0.2, 0.25) is 0 Å². The zero-order valence-corrected chi connectivity index (χ0v) is 16.0. The number of amides is 2. The molecule has 0 spiro atoms. The lowest BCUT2D eigenvalue weighted by molar-refractivity contribution is -0.116.